The molecule has 0 bridgehead atoms. The maximum atomic E-state index is 12.9. The van der Waals surface area contributed by atoms with Crippen LogP contribution in [0.2, 0.25) is 0 Å². The highest BCUT2D eigenvalue weighted by Crippen LogP contribution is 2.40. The normalized spacial score (nSPS) is 18.1. The number of hydrogen-bond acceptors (Lipinski definition) is 3. The Bertz CT molecular complexity index is 825. The molecule has 3 rings (SSSR count). The molecule has 1 aliphatic carbocycles. The monoisotopic (exact) mass is 337 g/mol. The van der Waals surface area contributed by atoms with Gasteiger partial charge in [0.15, 0.2) is 0 Å². The summed E-state index contributed by atoms with van der Waals surface area (Å²) in [6.07, 6.45) is 0.806. The summed E-state index contributed by atoms with van der Waals surface area (Å²) >= 11 is 0. The quantitative estimate of drug-likeness (QED) is 0.876. The zero-order chi connectivity index (χ0) is 17.8. The van der Waals surface area contributed by atoms with Crippen molar-refractivity contribution in [2.75, 3.05) is 6.54 Å². The average molecular weight is 337 g/mol. The summed E-state index contributed by atoms with van der Waals surface area (Å²) in [4.78, 5) is 23.9. The first kappa shape index (κ1) is 16.7. The van der Waals surface area contributed by atoms with Crippen LogP contribution >= 0.6 is 0 Å². The fourth-order valence-electron chi connectivity index (χ4n) is 2.65. The van der Waals surface area contributed by atoms with Crippen molar-refractivity contribution < 1.29 is 14.0 Å². The van der Waals surface area contributed by atoms with Gasteiger partial charge in [0.1, 0.15) is 5.82 Å². The number of carbonyl (C=O) groups is 2. The summed E-state index contributed by atoms with van der Waals surface area (Å²) in [6.45, 7) is -0.120. The fourth-order valence-corrected chi connectivity index (χ4v) is 2.65. The Balaban J connectivity index is 1.45. The van der Waals surface area contributed by atoms with Crippen molar-refractivity contribution in [2.24, 2.45) is 0 Å². The van der Waals surface area contributed by atoms with Crippen LogP contribution in [0.5, 0.6) is 0 Å². The highest BCUT2D eigenvalue weighted by atomic mass is 19.1. The average Bonchev–Trinajstić information content (AvgIpc) is 3.39. The molecule has 0 radical (unpaired) electrons. The van der Waals surface area contributed by atoms with Gasteiger partial charge in [-0.2, -0.15) is 5.26 Å². The number of nitrogens with zero attached hydrogens (tertiary/aromatic N) is 1. The molecule has 1 saturated carbocycles. The Morgan fingerprint density at radius 1 is 1.12 bits per heavy atom. The first-order valence-electron chi connectivity index (χ1n) is 7.90. The molecule has 2 aromatic rings. The molecule has 2 atom stereocenters. The van der Waals surface area contributed by atoms with Crippen LogP contribution in [0.4, 0.5) is 4.39 Å². The molecule has 2 aromatic carbocycles. The third-order valence-electron chi connectivity index (χ3n) is 4.12. The van der Waals surface area contributed by atoms with Crippen LogP contribution in [0.25, 0.3) is 0 Å². The van der Waals surface area contributed by atoms with Crippen LogP contribution < -0.4 is 10.6 Å². The summed E-state index contributed by atoms with van der Waals surface area (Å²) in [5, 5.41) is 14.1. The Kier molecular flexibility index (Phi) is 4.75. The number of benzene rings is 2. The molecule has 2 N–H and O–H groups in total. The Labute approximate surface area is 144 Å². The molecule has 2 amide bonds. The van der Waals surface area contributed by atoms with Crippen LogP contribution in [-0.2, 0) is 4.79 Å². The van der Waals surface area contributed by atoms with E-state index in [4.69, 9.17) is 5.26 Å². The van der Waals surface area contributed by atoms with Crippen molar-refractivity contribution in [2.45, 2.75) is 18.4 Å². The van der Waals surface area contributed by atoms with Gasteiger partial charge in [-0.1, -0.05) is 12.1 Å². The van der Waals surface area contributed by atoms with E-state index in [-0.39, 0.29) is 36.1 Å². The van der Waals surface area contributed by atoms with Gasteiger partial charge in [-0.25, -0.2) is 4.39 Å². The molecule has 126 valence electrons. The largest absolute Gasteiger partial charge is 0.351 e. The second-order valence-electron chi connectivity index (χ2n) is 5.94. The van der Waals surface area contributed by atoms with Gasteiger partial charge in [-0.05, 0) is 48.4 Å². The number of nitrogens with one attached hydrogen (secondary N) is 2. The van der Waals surface area contributed by atoms with Gasteiger partial charge >= 0.3 is 0 Å². The van der Waals surface area contributed by atoms with Crippen molar-refractivity contribution in [1.29, 1.82) is 5.26 Å². The lowest BCUT2D eigenvalue weighted by Gasteiger charge is -2.07. The van der Waals surface area contributed by atoms with E-state index >= 15 is 0 Å². The fraction of sp³-hybridized carbons (Fsp3) is 0.211. The van der Waals surface area contributed by atoms with Crippen LogP contribution in [0, 0.1) is 17.1 Å². The van der Waals surface area contributed by atoms with Gasteiger partial charge in [0, 0.05) is 17.5 Å². The van der Waals surface area contributed by atoms with E-state index in [1.807, 2.05) is 6.07 Å². The van der Waals surface area contributed by atoms with E-state index in [1.165, 1.54) is 24.3 Å². The van der Waals surface area contributed by atoms with Gasteiger partial charge in [-0.15, -0.1) is 0 Å². The van der Waals surface area contributed by atoms with Crippen molar-refractivity contribution in [3.8, 4) is 6.07 Å². The Morgan fingerprint density at radius 3 is 2.44 bits per heavy atom. The third-order valence-corrected chi connectivity index (χ3v) is 4.12. The highest BCUT2D eigenvalue weighted by molar-refractivity contribution is 5.96. The lowest BCUT2D eigenvalue weighted by molar-refractivity contribution is -0.120. The molecule has 6 heteroatoms. The maximum absolute atomic E-state index is 12.9. The number of amides is 2. The molecule has 1 fully saturated rings. The summed E-state index contributed by atoms with van der Waals surface area (Å²) in [6, 6.07) is 14.4. The summed E-state index contributed by atoms with van der Waals surface area (Å²) in [7, 11) is 0. The summed E-state index contributed by atoms with van der Waals surface area (Å²) < 4.78 is 12.9. The molecular formula is C19H16FN3O2. The van der Waals surface area contributed by atoms with Crippen LogP contribution in [0.15, 0.2) is 48.5 Å². The first-order valence-corrected chi connectivity index (χ1v) is 7.90. The predicted molar refractivity (Wildman–Crippen MR) is 89.2 cm³/mol. The Hall–Kier alpha value is -3.20. The second-order valence-corrected chi connectivity index (χ2v) is 5.94. The van der Waals surface area contributed by atoms with Crippen LogP contribution in [0.1, 0.15) is 33.8 Å². The minimum atomic E-state index is -0.370. The van der Waals surface area contributed by atoms with Gasteiger partial charge in [0.25, 0.3) is 5.91 Å². The molecule has 0 heterocycles. The number of halogens is 1. The van der Waals surface area contributed by atoms with Crippen LogP contribution in [-0.4, -0.2) is 24.4 Å². The lowest BCUT2D eigenvalue weighted by Crippen LogP contribution is -2.38. The molecule has 0 saturated heterocycles. The molecule has 0 aromatic heterocycles. The topological polar surface area (TPSA) is 82.0 Å². The van der Waals surface area contributed by atoms with E-state index in [0.717, 1.165) is 12.0 Å². The second kappa shape index (κ2) is 7.14. The van der Waals surface area contributed by atoms with Gasteiger partial charge < -0.3 is 10.6 Å². The molecule has 1 aliphatic rings. The molecule has 5 nitrogen and oxygen atoms in total. The first-order chi connectivity index (χ1) is 12.1. The molecule has 0 aliphatic heterocycles. The van der Waals surface area contributed by atoms with Crippen molar-refractivity contribution in [3.05, 3.63) is 71.0 Å². The van der Waals surface area contributed by atoms with E-state index in [9.17, 15) is 14.0 Å². The van der Waals surface area contributed by atoms with E-state index < -0.39 is 0 Å². The van der Waals surface area contributed by atoms with E-state index in [1.54, 1.807) is 24.3 Å². The van der Waals surface area contributed by atoms with Gasteiger partial charge in [0.2, 0.25) is 5.91 Å². The zero-order valence-electron chi connectivity index (χ0n) is 13.3. The SMILES string of the molecule is N#Cc1ccc(C(=O)NCC(=O)N[C@@H]2C[C@@H]2c2ccc(F)cc2)cc1. The van der Waals surface area contributed by atoms with Crippen molar-refractivity contribution in [1.82, 2.24) is 10.6 Å². The third kappa shape index (κ3) is 4.21. The number of hydrogen-bond donors (Lipinski definition) is 2. The number of rotatable bonds is 5. The lowest BCUT2D eigenvalue weighted by atomic mass is 10.1. The van der Waals surface area contributed by atoms with Crippen molar-refractivity contribution in [3.63, 3.8) is 0 Å². The summed E-state index contributed by atoms with van der Waals surface area (Å²) in [5.74, 6) is -0.726. The summed E-state index contributed by atoms with van der Waals surface area (Å²) in [5.41, 5.74) is 1.85. The van der Waals surface area contributed by atoms with Crippen molar-refractivity contribution >= 4 is 11.8 Å². The highest BCUT2D eigenvalue weighted by Gasteiger charge is 2.39. The minimum Gasteiger partial charge on any atom is -0.351 e. The molecular weight excluding hydrogens is 321 g/mol. The van der Waals surface area contributed by atoms with Gasteiger partial charge in [-0.3, -0.25) is 9.59 Å². The van der Waals surface area contributed by atoms with E-state index in [0.29, 0.717) is 11.1 Å². The molecule has 25 heavy (non-hydrogen) atoms. The Morgan fingerprint density at radius 2 is 1.80 bits per heavy atom. The number of carbonyl (C=O) groups excluding carboxylic acids is 2. The molecule has 0 unspecified atom stereocenters. The number of nitriles is 1. The minimum absolute atomic E-state index is 0.0183. The maximum Gasteiger partial charge on any atom is 0.251 e. The zero-order valence-corrected chi connectivity index (χ0v) is 13.3. The van der Waals surface area contributed by atoms with Crippen LogP contribution in [0.3, 0.4) is 0 Å². The van der Waals surface area contributed by atoms with Gasteiger partial charge in [0.05, 0.1) is 18.2 Å². The standard InChI is InChI=1S/C19H16FN3O2/c20-15-7-5-13(6-8-15)16-9-17(16)23-18(24)11-22-19(25)14-3-1-12(10-21)2-4-14/h1-8,16-17H,9,11H2,(H,22,25)(H,23,24)/t16-,17-/m1/s1. The predicted octanol–water partition coefficient (Wildman–Crippen LogP) is 2.10. The smallest absolute Gasteiger partial charge is 0.251 e. The van der Waals surface area contributed by atoms with E-state index in [2.05, 4.69) is 10.6 Å². The molecule has 0 spiro atoms.